The molecule has 78 valence electrons. The van der Waals surface area contributed by atoms with Crippen molar-refractivity contribution in [2.75, 3.05) is 0 Å². The van der Waals surface area contributed by atoms with E-state index < -0.39 is 0 Å². The number of nitrogens with two attached hydrogens (primary N) is 1. The van der Waals surface area contributed by atoms with E-state index in [4.69, 9.17) is 5.73 Å². The predicted molar refractivity (Wildman–Crippen MR) is 52.5 cm³/mol. The standard InChI is InChI=1S/C9H17N5/c1-6-3-4-8(5-6)14-9(7(2)10)11-12-13-14/h6-8H,3-5,10H2,1-2H3. The molecule has 5 nitrogen and oxygen atoms in total. The lowest BCUT2D eigenvalue weighted by Crippen LogP contribution is -2.17. The molecule has 1 aromatic heterocycles. The molecule has 1 aromatic rings. The molecule has 2 N–H and O–H groups in total. The molecule has 2 rings (SSSR count). The summed E-state index contributed by atoms with van der Waals surface area (Å²) in [5.41, 5.74) is 5.80. The first-order chi connectivity index (χ1) is 6.68. The van der Waals surface area contributed by atoms with Gasteiger partial charge in [-0.05, 0) is 42.5 Å². The molecule has 0 saturated heterocycles. The number of hydrogen-bond acceptors (Lipinski definition) is 4. The molecule has 0 aromatic carbocycles. The number of nitrogens with zero attached hydrogens (tertiary/aromatic N) is 4. The molecule has 0 aliphatic heterocycles. The first-order valence-electron chi connectivity index (χ1n) is 5.22. The Bertz CT molecular complexity index is 306. The Morgan fingerprint density at radius 1 is 1.50 bits per heavy atom. The first kappa shape index (κ1) is 9.58. The molecule has 3 atom stereocenters. The van der Waals surface area contributed by atoms with Crippen LogP contribution in [0, 0.1) is 5.92 Å². The molecule has 3 unspecified atom stereocenters. The van der Waals surface area contributed by atoms with E-state index in [2.05, 4.69) is 22.4 Å². The maximum atomic E-state index is 5.80. The number of rotatable bonds is 2. The number of hydrogen-bond donors (Lipinski definition) is 1. The molecule has 0 spiro atoms. The molecule has 0 radical (unpaired) electrons. The Labute approximate surface area is 83.7 Å². The second-order valence-electron chi connectivity index (χ2n) is 4.34. The fourth-order valence-electron chi connectivity index (χ4n) is 2.16. The summed E-state index contributed by atoms with van der Waals surface area (Å²) < 4.78 is 1.91. The van der Waals surface area contributed by atoms with Crippen molar-refractivity contribution in [2.45, 2.75) is 45.2 Å². The highest BCUT2D eigenvalue weighted by Crippen LogP contribution is 2.34. The largest absolute Gasteiger partial charge is 0.322 e. The monoisotopic (exact) mass is 195 g/mol. The van der Waals surface area contributed by atoms with E-state index in [1.165, 1.54) is 19.3 Å². The summed E-state index contributed by atoms with van der Waals surface area (Å²) in [6.07, 6.45) is 3.61. The predicted octanol–water partition coefficient (Wildman–Crippen LogP) is 1.05. The highest BCUT2D eigenvalue weighted by molar-refractivity contribution is 4.92. The van der Waals surface area contributed by atoms with Crippen LogP contribution in [0.25, 0.3) is 0 Å². The lowest BCUT2D eigenvalue weighted by atomic mass is 10.1. The summed E-state index contributed by atoms with van der Waals surface area (Å²) >= 11 is 0. The van der Waals surface area contributed by atoms with Crippen molar-refractivity contribution in [3.05, 3.63) is 5.82 Å². The van der Waals surface area contributed by atoms with Crippen molar-refractivity contribution in [3.8, 4) is 0 Å². The lowest BCUT2D eigenvalue weighted by Gasteiger charge is -2.13. The van der Waals surface area contributed by atoms with Crippen molar-refractivity contribution in [1.82, 2.24) is 20.2 Å². The van der Waals surface area contributed by atoms with Crippen molar-refractivity contribution in [1.29, 1.82) is 0 Å². The minimum absolute atomic E-state index is 0.0825. The topological polar surface area (TPSA) is 69.6 Å². The zero-order valence-corrected chi connectivity index (χ0v) is 8.72. The van der Waals surface area contributed by atoms with Gasteiger partial charge in [-0.1, -0.05) is 6.92 Å². The molecule has 0 amide bonds. The van der Waals surface area contributed by atoms with Crippen molar-refractivity contribution in [3.63, 3.8) is 0 Å². The van der Waals surface area contributed by atoms with Gasteiger partial charge in [-0.2, -0.15) is 0 Å². The van der Waals surface area contributed by atoms with E-state index in [1.54, 1.807) is 0 Å². The molecule has 0 bridgehead atoms. The summed E-state index contributed by atoms with van der Waals surface area (Å²) in [7, 11) is 0. The van der Waals surface area contributed by atoms with Crippen LogP contribution in [-0.4, -0.2) is 20.2 Å². The summed E-state index contributed by atoms with van der Waals surface area (Å²) in [5, 5.41) is 11.7. The minimum atomic E-state index is -0.0825. The second-order valence-corrected chi connectivity index (χ2v) is 4.34. The van der Waals surface area contributed by atoms with Gasteiger partial charge in [0.2, 0.25) is 0 Å². The van der Waals surface area contributed by atoms with Gasteiger partial charge in [0.1, 0.15) is 0 Å². The summed E-state index contributed by atoms with van der Waals surface area (Å²) in [6, 6.07) is 0.377. The van der Waals surface area contributed by atoms with Crippen LogP contribution in [0.2, 0.25) is 0 Å². The molecular weight excluding hydrogens is 178 g/mol. The van der Waals surface area contributed by atoms with Crippen LogP contribution in [-0.2, 0) is 0 Å². The summed E-state index contributed by atoms with van der Waals surface area (Å²) in [5.74, 6) is 1.59. The van der Waals surface area contributed by atoms with Crippen molar-refractivity contribution in [2.24, 2.45) is 11.7 Å². The van der Waals surface area contributed by atoms with Crippen molar-refractivity contribution >= 4 is 0 Å². The zero-order valence-electron chi connectivity index (χ0n) is 8.72. The average molecular weight is 195 g/mol. The van der Waals surface area contributed by atoms with Crippen LogP contribution < -0.4 is 5.73 Å². The van der Waals surface area contributed by atoms with Gasteiger partial charge in [0.15, 0.2) is 5.82 Å². The Balaban J connectivity index is 2.19. The third-order valence-electron chi connectivity index (χ3n) is 2.94. The number of aromatic nitrogens is 4. The molecule has 1 heterocycles. The van der Waals surface area contributed by atoms with Gasteiger partial charge in [-0.3, -0.25) is 0 Å². The minimum Gasteiger partial charge on any atom is -0.322 e. The molecule has 5 heteroatoms. The Hall–Kier alpha value is -0.970. The van der Waals surface area contributed by atoms with E-state index >= 15 is 0 Å². The Kier molecular flexibility index (Phi) is 2.50. The van der Waals surface area contributed by atoms with E-state index in [-0.39, 0.29) is 6.04 Å². The highest BCUT2D eigenvalue weighted by atomic mass is 15.6. The zero-order chi connectivity index (χ0) is 10.1. The third kappa shape index (κ3) is 1.64. The van der Waals surface area contributed by atoms with Gasteiger partial charge in [-0.15, -0.1) is 5.10 Å². The van der Waals surface area contributed by atoms with Gasteiger partial charge in [-0.25, -0.2) is 4.68 Å². The van der Waals surface area contributed by atoms with E-state index in [0.29, 0.717) is 6.04 Å². The molecule has 1 aliphatic carbocycles. The van der Waals surface area contributed by atoms with Crippen LogP contribution in [0.4, 0.5) is 0 Å². The van der Waals surface area contributed by atoms with Crippen LogP contribution in [0.5, 0.6) is 0 Å². The van der Waals surface area contributed by atoms with Crippen molar-refractivity contribution < 1.29 is 0 Å². The smallest absolute Gasteiger partial charge is 0.167 e. The third-order valence-corrected chi connectivity index (χ3v) is 2.94. The SMILES string of the molecule is CC1CCC(n2nnnc2C(C)N)C1. The van der Waals surface area contributed by atoms with Crippen LogP contribution >= 0.6 is 0 Å². The molecule has 14 heavy (non-hydrogen) atoms. The fraction of sp³-hybridized carbons (Fsp3) is 0.889. The average Bonchev–Trinajstić information content (AvgIpc) is 2.70. The number of tetrazole rings is 1. The van der Waals surface area contributed by atoms with Crippen LogP contribution in [0.1, 0.15) is 51.0 Å². The van der Waals surface area contributed by atoms with Gasteiger partial charge in [0, 0.05) is 0 Å². The highest BCUT2D eigenvalue weighted by Gasteiger charge is 2.26. The first-order valence-corrected chi connectivity index (χ1v) is 5.22. The van der Waals surface area contributed by atoms with Gasteiger partial charge < -0.3 is 5.73 Å². The maximum Gasteiger partial charge on any atom is 0.167 e. The second kappa shape index (κ2) is 3.65. The molecule has 1 fully saturated rings. The molecular formula is C9H17N5. The summed E-state index contributed by atoms with van der Waals surface area (Å²) in [4.78, 5) is 0. The van der Waals surface area contributed by atoms with Gasteiger partial charge in [0.25, 0.3) is 0 Å². The van der Waals surface area contributed by atoms with Crippen LogP contribution in [0.3, 0.4) is 0 Å². The normalized spacial score (nSPS) is 29.4. The van der Waals surface area contributed by atoms with Gasteiger partial charge >= 0.3 is 0 Å². The Morgan fingerprint density at radius 3 is 2.86 bits per heavy atom. The fourth-order valence-corrected chi connectivity index (χ4v) is 2.16. The molecule has 1 aliphatic rings. The Morgan fingerprint density at radius 2 is 2.29 bits per heavy atom. The van der Waals surface area contributed by atoms with Gasteiger partial charge in [0.05, 0.1) is 12.1 Å². The maximum absolute atomic E-state index is 5.80. The quantitative estimate of drug-likeness (QED) is 0.766. The van der Waals surface area contributed by atoms with Crippen LogP contribution in [0.15, 0.2) is 0 Å². The van der Waals surface area contributed by atoms with E-state index in [1.807, 2.05) is 11.6 Å². The lowest BCUT2D eigenvalue weighted by molar-refractivity contribution is 0.416. The molecule has 1 saturated carbocycles. The summed E-state index contributed by atoms with van der Waals surface area (Å²) in [6.45, 7) is 4.19. The van der Waals surface area contributed by atoms with E-state index in [9.17, 15) is 0 Å². The van der Waals surface area contributed by atoms with E-state index in [0.717, 1.165) is 11.7 Å².